The van der Waals surface area contributed by atoms with Crippen LogP contribution in [0.25, 0.3) is 11.3 Å². The lowest BCUT2D eigenvalue weighted by Crippen LogP contribution is -2.22. The molecule has 0 spiro atoms. The molecule has 1 aromatic heterocycles. The quantitative estimate of drug-likeness (QED) is 0.271. The third-order valence-electron chi connectivity index (χ3n) is 7.00. The molecule has 1 atom stereocenters. The lowest BCUT2D eigenvalue weighted by molar-refractivity contribution is -0.139. The Morgan fingerprint density at radius 2 is 1.45 bits per heavy atom. The molecule has 0 aliphatic heterocycles. The van der Waals surface area contributed by atoms with Crippen molar-refractivity contribution in [3.63, 3.8) is 0 Å². The zero-order chi connectivity index (χ0) is 29.8. The van der Waals surface area contributed by atoms with Gasteiger partial charge >= 0.3 is 12.1 Å². The van der Waals surface area contributed by atoms with E-state index in [2.05, 4.69) is 63.8 Å². The molecule has 3 aromatic rings. The third kappa shape index (κ3) is 8.09. The van der Waals surface area contributed by atoms with E-state index in [1.54, 1.807) is 6.07 Å². The number of halogens is 3. The van der Waals surface area contributed by atoms with Crippen molar-refractivity contribution in [3.8, 4) is 11.3 Å². The summed E-state index contributed by atoms with van der Waals surface area (Å²) in [4.78, 5) is 19.4. The van der Waals surface area contributed by atoms with Crippen molar-refractivity contribution in [2.24, 2.45) is 11.8 Å². The van der Waals surface area contributed by atoms with Gasteiger partial charge in [-0.15, -0.1) is 0 Å². The van der Waals surface area contributed by atoms with Crippen LogP contribution in [0.2, 0.25) is 0 Å². The summed E-state index contributed by atoms with van der Waals surface area (Å²) in [5, 5.41) is 10.1. The minimum Gasteiger partial charge on any atom is -0.481 e. The van der Waals surface area contributed by atoms with Crippen LogP contribution in [0, 0.1) is 11.8 Å². The Morgan fingerprint density at radius 3 is 1.93 bits per heavy atom. The van der Waals surface area contributed by atoms with E-state index in [1.807, 2.05) is 19.9 Å². The van der Waals surface area contributed by atoms with Gasteiger partial charge in [-0.25, -0.2) is 4.98 Å². The Bertz CT molecular complexity index is 1280. The number of pyridine rings is 1. The second kappa shape index (κ2) is 12.4. The average Bonchev–Trinajstić information content (AvgIpc) is 2.86. The maximum absolute atomic E-state index is 13.2. The van der Waals surface area contributed by atoms with Gasteiger partial charge in [0.1, 0.15) is 5.82 Å². The second-order valence-electron chi connectivity index (χ2n) is 12.4. The molecule has 1 unspecified atom stereocenters. The number of anilines is 2. The first kappa shape index (κ1) is 31.2. The largest absolute Gasteiger partial charge is 0.481 e. The van der Waals surface area contributed by atoms with Crippen molar-refractivity contribution >= 4 is 17.5 Å². The number of carboxylic acid groups (broad SMARTS) is 1. The first-order valence-corrected chi connectivity index (χ1v) is 13.9. The molecule has 1 N–H and O–H groups in total. The zero-order valence-corrected chi connectivity index (χ0v) is 24.5. The Hall–Kier alpha value is -3.35. The standard InChI is InChI=1S/C33H41F3N2O2/c1-21(2)16-17-38(27-14-12-25(13-15-27)32(5,6)7)30-20-24(28(31(39)40)18-22(3)4)19-29(37-30)23-8-10-26(11-9-23)33(34,35)36/h8-15,19-22,28H,16-18H2,1-7H3,(H,39,40). The number of nitrogens with zero attached hydrogens (tertiary/aromatic N) is 2. The maximum atomic E-state index is 13.2. The molecule has 7 heteroatoms. The van der Waals surface area contributed by atoms with E-state index in [4.69, 9.17) is 4.98 Å². The number of carboxylic acids is 1. The third-order valence-corrected chi connectivity index (χ3v) is 7.00. The fourth-order valence-electron chi connectivity index (χ4n) is 4.61. The molecule has 0 bridgehead atoms. The Morgan fingerprint density at radius 1 is 0.875 bits per heavy atom. The van der Waals surface area contributed by atoms with E-state index in [0.29, 0.717) is 41.5 Å². The number of benzene rings is 2. The minimum absolute atomic E-state index is 0.0131. The van der Waals surface area contributed by atoms with Crippen LogP contribution in [-0.2, 0) is 16.4 Å². The summed E-state index contributed by atoms with van der Waals surface area (Å²) < 4.78 is 39.7. The van der Waals surface area contributed by atoms with Crippen LogP contribution >= 0.6 is 0 Å². The van der Waals surface area contributed by atoms with Crippen LogP contribution in [0.15, 0.2) is 60.7 Å². The van der Waals surface area contributed by atoms with Gasteiger partial charge in [0.15, 0.2) is 0 Å². The highest BCUT2D eigenvalue weighted by Gasteiger charge is 2.30. The highest BCUT2D eigenvalue weighted by molar-refractivity contribution is 5.78. The fourth-order valence-corrected chi connectivity index (χ4v) is 4.61. The summed E-state index contributed by atoms with van der Waals surface area (Å²) in [6, 6.07) is 16.7. The van der Waals surface area contributed by atoms with Crippen LogP contribution in [0.3, 0.4) is 0 Å². The normalized spacial score (nSPS) is 13.1. The summed E-state index contributed by atoms with van der Waals surface area (Å²) in [5.74, 6) is -0.583. The van der Waals surface area contributed by atoms with Crippen LogP contribution in [0.1, 0.15) is 83.9 Å². The summed E-state index contributed by atoms with van der Waals surface area (Å²) in [6.45, 7) is 15.3. The lowest BCUT2D eigenvalue weighted by atomic mass is 9.87. The van der Waals surface area contributed by atoms with Gasteiger partial charge in [-0.05, 0) is 77.6 Å². The van der Waals surface area contributed by atoms with Crippen LogP contribution in [-0.4, -0.2) is 22.6 Å². The van der Waals surface area contributed by atoms with Crippen molar-refractivity contribution in [3.05, 3.63) is 77.4 Å². The monoisotopic (exact) mass is 554 g/mol. The molecule has 4 nitrogen and oxygen atoms in total. The van der Waals surface area contributed by atoms with Gasteiger partial charge in [0.2, 0.25) is 0 Å². The van der Waals surface area contributed by atoms with Gasteiger partial charge in [-0.3, -0.25) is 4.79 Å². The summed E-state index contributed by atoms with van der Waals surface area (Å²) in [6.07, 6.45) is -3.15. The molecule has 1 heterocycles. The summed E-state index contributed by atoms with van der Waals surface area (Å²) in [7, 11) is 0. The van der Waals surface area contributed by atoms with E-state index in [1.165, 1.54) is 17.7 Å². The highest BCUT2D eigenvalue weighted by Crippen LogP contribution is 2.36. The molecule has 0 aliphatic carbocycles. The van der Waals surface area contributed by atoms with E-state index in [-0.39, 0.29) is 11.3 Å². The fraction of sp³-hybridized carbons (Fsp3) is 0.455. The topological polar surface area (TPSA) is 53.4 Å². The van der Waals surface area contributed by atoms with Crippen LogP contribution in [0.5, 0.6) is 0 Å². The number of rotatable bonds is 10. The van der Waals surface area contributed by atoms with Crippen LogP contribution < -0.4 is 4.90 Å². The van der Waals surface area contributed by atoms with Gasteiger partial charge in [-0.1, -0.05) is 72.7 Å². The Balaban J connectivity index is 2.20. The van der Waals surface area contributed by atoms with Crippen molar-refractivity contribution in [2.75, 3.05) is 11.4 Å². The number of alkyl halides is 3. The predicted octanol–water partition coefficient (Wildman–Crippen LogP) is 9.46. The number of carbonyl (C=O) groups is 1. The minimum atomic E-state index is -4.45. The first-order chi connectivity index (χ1) is 18.6. The molecular weight excluding hydrogens is 513 g/mol. The second-order valence-corrected chi connectivity index (χ2v) is 12.4. The number of hydrogen-bond acceptors (Lipinski definition) is 3. The molecule has 0 radical (unpaired) electrons. The van der Waals surface area contributed by atoms with Crippen molar-refractivity contribution in [2.45, 2.75) is 78.8 Å². The molecule has 0 saturated heterocycles. The van der Waals surface area contributed by atoms with Gasteiger partial charge in [0, 0.05) is 17.8 Å². The molecule has 0 amide bonds. The van der Waals surface area contributed by atoms with E-state index >= 15 is 0 Å². The molecule has 216 valence electrons. The molecule has 0 saturated carbocycles. The van der Waals surface area contributed by atoms with Crippen molar-refractivity contribution in [1.82, 2.24) is 4.98 Å². The lowest BCUT2D eigenvalue weighted by Gasteiger charge is -2.28. The molecule has 40 heavy (non-hydrogen) atoms. The Labute approximate surface area is 236 Å². The number of aromatic nitrogens is 1. The zero-order valence-electron chi connectivity index (χ0n) is 24.5. The molecular formula is C33H41F3N2O2. The first-order valence-electron chi connectivity index (χ1n) is 13.9. The van der Waals surface area contributed by atoms with E-state index in [0.717, 1.165) is 24.2 Å². The van der Waals surface area contributed by atoms with E-state index < -0.39 is 23.6 Å². The van der Waals surface area contributed by atoms with Gasteiger partial charge in [0.25, 0.3) is 0 Å². The summed E-state index contributed by atoms with van der Waals surface area (Å²) >= 11 is 0. The van der Waals surface area contributed by atoms with Gasteiger partial charge < -0.3 is 10.0 Å². The van der Waals surface area contributed by atoms with Crippen molar-refractivity contribution in [1.29, 1.82) is 0 Å². The predicted molar refractivity (Wildman–Crippen MR) is 156 cm³/mol. The van der Waals surface area contributed by atoms with Crippen LogP contribution in [0.4, 0.5) is 24.7 Å². The van der Waals surface area contributed by atoms with Crippen molar-refractivity contribution < 1.29 is 23.1 Å². The molecule has 0 aliphatic rings. The Kier molecular flexibility index (Phi) is 9.70. The molecule has 3 rings (SSSR count). The average molecular weight is 555 g/mol. The van der Waals surface area contributed by atoms with Gasteiger partial charge in [0.05, 0.1) is 17.2 Å². The molecule has 0 fully saturated rings. The SMILES string of the molecule is CC(C)CCN(c1ccc(C(C)(C)C)cc1)c1cc(C(CC(C)C)C(=O)O)cc(-c2ccc(C(F)(F)F)cc2)n1. The van der Waals surface area contributed by atoms with E-state index in [9.17, 15) is 23.1 Å². The summed E-state index contributed by atoms with van der Waals surface area (Å²) in [5.41, 5.74) is 2.88. The smallest absolute Gasteiger partial charge is 0.416 e. The van der Waals surface area contributed by atoms with Gasteiger partial charge in [-0.2, -0.15) is 13.2 Å². The maximum Gasteiger partial charge on any atom is 0.416 e. The highest BCUT2D eigenvalue weighted by atomic mass is 19.4. The number of hydrogen-bond donors (Lipinski definition) is 1. The number of aliphatic carboxylic acids is 1. The molecule has 2 aromatic carbocycles.